The number of ether oxygens (including phenoxy) is 1. The Morgan fingerprint density at radius 2 is 2.00 bits per heavy atom. The lowest BCUT2D eigenvalue weighted by Gasteiger charge is -2.12. The van der Waals surface area contributed by atoms with Gasteiger partial charge in [0.15, 0.2) is 0 Å². The van der Waals surface area contributed by atoms with Gasteiger partial charge in [0.05, 0.1) is 17.7 Å². The predicted octanol–water partition coefficient (Wildman–Crippen LogP) is 5.22. The molecule has 0 aliphatic heterocycles. The van der Waals surface area contributed by atoms with Crippen LogP contribution in [0.4, 0.5) is 0 Å². The Labute approximate surface area is 174 Å². The van der Waals surface area contributed by atoms with Crippen LogP contribution in [0.5, 0.6) is 5.75 Å². The number of nitrogens with zero attached hydrogens (tertiary/aromatic N) is 1. The average Bonchev–Trinajstić information content (AvgIpc) is 3.31. The van der Waals surface area contributed by atoms with Crippen molar-refractivity contribution in [2.45, 2.75) is 19.4 Å². The van der Waals surface area contributed by atoms with Crippen molar-refractivity contribution in [2.75, 3.05) is 7.11 Å². The largest absolute Gasteiger partial charge is 0.496 e. The van der Waals surface area contributed by atoms with Crippen molar-refractivity contribution in [1.29, 1.82) is 0 Å². The van der Waals surface area contributed by atoms with Crippen LogP contribution in [0.15, 0.2) is 72.2 Å². The number of hydrogen-bond donors (Lipinski definition) is 1. The quantitative estimate of drug-likeness (QED) is 0.461. The van der Waals surface area contributed by atoms with Gasteiger partial charge >= 0.3 is 0 Å². The molecule has 4 aromatic rings. The number of amides is 1. The van der Waals surface area contributed by atoms with E-state index in [0.717, 1.165) is 38.2 Å². The number of nitrogens with one attached hydrogen (secondary N) is 1. The molecule has 4 rings (SSSR count). The summed E-state index contributed by atoms with van der Waals surface area (Å²) in [6.45, 7) is 0.492. The summed E-state index contributed by atoms with van der Waals surface area (Å²) in [5, 5.41) is 7.35. The van der Waals surface area contributed by atoms with Crippen LogP contribution in [0.3, 0.4) is 0 Å². The van der Waals surface area contributed by atoms with Gasteiger partial charge in [-0.25, -0.2) is 0 Å². The van der Waals surface area contributed by atoms with E-state index in [1.165, 1.54) is 0 Å². The smallest absolute Gasteiger partial charge is 0.220 e. The molecule has 4 nitrogen and oxygen atoms in total. The molecule has 0 atom stereocenters. The van der Waals surface area contributed by atoms with Crippen LogP contribution in [0, 0.1) is 0 Å². The molecule has 0 spiro atoms. The van der Waals surface area contributed by atoms with Crippen molar-refractivity contribution < 1.29 is 9.53 Å². The number of aromatic nitrogens is 1. The molecule has 0 aliphatic rings. The van der Waals surface area contributed by atoms with Gasteiger partial charge in [0.1, 0.15) is 5.75 Å². The topological polar surface area (TPSA) is 51.2 Å². The summed E-state index contributed by atoms with van der Waals surface area (Å²) in [4.78, 5) is 18.0. The summed E-state index contributed by atoms with van der Waals surface area (Å²) in [5.74, 6) is 0.848. The van der Waals surface area contributed by atoms with Gasteiger partial charge in [-0.15, -0.1) is 11.3 Å². The maximum absolute atomic E-state index is 12.5. The van der Waals surface area contributed by atoms with E-state index in [-0.39, 0.29) is 5.91 Å². The SMILES string of the molecule is COc1ccc2ccccc2c1CCC(=O)NCc1ccnc(-c2cccs2)c1. The first kappa shape index (κ1) is 19.2. The van der Waals surface area contributed by atoms with Gasteiger partial charge < -0.3 is 10.1 Å². The van der Waals surface area contributed by atoms with Crippen LogP contribution >= 0.6 is 11.3 Å². The molecule has 0 bridgehead atoms. The molecular formula is C24H22N2O2S. The Kier molecular flexibility index (Phi) is 5.86. The molecule has 0 unspecified atom stereocenters. The summed E-state index contributed by atoms with van der Waals surface area (Å²) in [7, 11) is 1.67. The standard InChI is InChI=1S/C24H22N2O2S/c1-28-22-10-8-18-5-2-3-6-19(18)20(22)9-11-24(27)26-16-17-12-13-25-21(15-17)23-7-4-14-29-23/h2-8,10,12-15H,9,11,16H2,1H3,(H,26,27). The van der Waals surface area contributed by atoms with E-state index in [2.05, 4.69) is 22.4 Å². The van der Waals surface area contributed by atoms with E-state index in [0.29, 0.717) is 19.4 Å². The molecule has 2 heterocycles. The molecule has 0 saturated heterocycles. The number of benzene rings is 2. The summed E-state index contributed by atoms with van der Waals surface area (Å²) < 4.78 is 5.53. The first-order valence-corrected chi connectivity index (χ1v) is 10.4. The molecular weight excluding hydrogens is 380 g/mol. The third kappa shape index (κ3) is 4.46. The zero-order valence-corrected chi connectivity index (χ0v) is 17.0. The Morgan fingerprint density at radius 1 is 1.10 bits per heavy atom. The lowest BCUT2D eigenvalue weighted by molar-refractivity contribution is -0.121. The zero-order chi connectivity index (χ0) is 20.1. The molecule has 1 N–H and O–H groups in total. The van der Waals surface area contributed by atoms with Gasteiger partial charge in [-0.3, -0.25) is 9.78 Å². The Balaban J connectivity index is 1.40. The number of fused-ring (bicyclic) bond motifs is 1. The lowest BCUT2D eigenvalue weighted by Crippen LogP contribution is -2.23. The van der Waals surface area contributed by atoms with Crippen molar-refractivity contribution in [3.8, 4) is 16.3 Å². The van der Waals surface area contributed by atoms with Crippen LogP contribution in [0.25, 0.3) is 21.3 Å². The number of pyridine rings is 1. The molecule has 29 heavy (non-hydrogen) atoms. The Bertz CT molecular complexity index is 1120. The summed E-state index contributed by atoms with van der Waals surface area (Å²) in [6.07, 6.45) is 2.83. The minimum absolute atomic E-state index is 0.0227. The van der Waals surface area contributed by atoms with E-state index in [1.807, 2.05) is 53.9 Å². The molecule has 2 aromatic carbocycles. The molecule has 5 heteroatoms. The van der Waals surface area contributed by atoms with Crippen LogP contribution in [-0.2, 0) is 17.8 Å². The predicted molar refractivity (Wildman–Crippen MR) is 118 cm³/mol. The van der Waals surface area contributed by atoms with Crippen LogP contribution < -0.4 is 10.1 Å². The zero-order valence-electron chi connectivity index (χ0n) is 16.2. The van der Waals surface area contributed by atoms with Gasteiger partial charge in [-0.2, -0.15) is 0 Å². The van der Waals surface area contributed by atoms with Gasteiger partial charge in [-0.05, 0) is 52.4 Å². The maximum atomic E-state index is 12.5. The highest BCUT2D eigenvalue weighted by atomic mass is 32.1. The highest BCUT2D eigenvalue weighted by Crippen LogP contribution is 2.29. The molecule has 0 radical (unpaired) electrons. The molecule has 0 saturated carbocycles. The average molecular weight is 403 g/mol. The second-order valence-corrected chi connectivity index (χ2v) is 7.72. The van der Waals surface area contributed by atoms with E-state index in [4.69, 9.17) is 4.74 Å². The van der Waals surface area contributed by atoms with Crippen molar-refractivity contribution >= 4 is 28.0 Å². The highest BCUT2D eigenvalue weighted by molar-refractivity contribution is 7.13. The fourth-order valence-electron chi connectivity index (χ4n) is 3.44. The van der Waals surface area contributed by atoms with Crippen molar-refractivity contribution in [3.05, 3.63) is 83.4 Å². The lowest BCUT2D eigenvalue weighted by atomic mass is 9.99. The number of carbonyl (C=O) groups excluding carboxylic acids is 1. The normalized spacial score (nSPS) is 10.8. The van der Waals surface area contributed by atoms with Gasteiger partial charge in [0, 0.05) is 24.7 Å². The van der Waals surface area contributed by atoms with E-state index >= 15 is 0 Å². The highest BCUT2D eigenvalue weighted by Gasteiger charge is 2.11. The first-order chi connectivity index (χ1) is 14.2. The van der Waals surface area contributed by atoms with Crippen LogP contribution in [0.2, 0.25) is 0 Å². The van der Waals surface area contributed by atoms with Gasteiger partial charge in [0.2, 0.25) is 5.91 Å². The summed E-state index contributed by atoms with van der Waals surface area (Å²) >= 11 is 1.66. The fraction of sp³-hybridized carbons (Fsp3) is 0.167. The third-order valence-electron chi connectivity index (χ3n) is 4.91. The fourth-order valence-corrected chi connectivity index (χ4v) is 4.13. The molecule has 1 amide bonds. The number of aryl methyl sites for hydroxylation is 1. The van der Waals surface area contributed by atoms with Crippen molar-refractivity contribution in [3.63, 3.8) is 0 Å². The van der Waals surface area contributed by atoms with Crippen LogP contribution in [0.1, 0.15) is 17.5 Å². The Morgan fingerprint density at radius 3 is 2.83 bits per heavy atom. The second-order valence-electron chi connectivity index (χ2n) is 6.77. The molecule has 146 valence electrons. The minimum atomic E-state index is 0.0227. The van der Waals surface area contributed by atoms with E-state index < -0.39 is 0 Å². The molecule has 0 aliphatic carbocycles. The van der Waals surface area contributed by atoms with E-state index in [9.17, 15) is 4.79 Å². The molecule has 0 fully saturated rings. The van der Waals surface area contributed by atoms with Gasteiger partial charge in [0.25, 0.3) is 0 Å². The van der Waals surface area contributed by atoms with E-state index in [1.54, 1.807) is 24.6 Å². The maximum Gasteiger partial charge on any atom is 0.220 e. The van der Waals surface area contributed by atoms with Gasteiger partial charge in [-0.1, -0.05) is 36.4 Å². The van der Waals surface area contributed by atoms with Crippen molar-refractivity contribution in [2.24, 2.45) is 0 Å². The Hall–Kier alpha value is -3.18. The monoisotopic (exact) mass is 402 g/mol. The summed E-state index contributed by atoms with van der Waals surface area (Å²) in [6, 6.07) is 20.2. The third-order valence-corrected chi connectivity index (χ3v) is 5.80. The summed E-state index contributed by atoms with van der Waals surface area (Å²) in [5.41, 5.74) is 3.05. The number of hydrogen-bond acceptors (Lipinski definition) is 4. The van der Waals surface area contributed by atoms with Crippen LogP contribution in [-0.4, -0.2) is 18.0 Å². The first-order valence-electron chi connectivity index (χ1n) is 9.55. The minimum Gasteiger partial charge on any atom is -0.496 e. The van der Waals surface area contributed by atoms with Crippen molar-refractivity contribution in [1.82, 2.24) is 10.3 Å². The number of carbonyl (C=O) groups is 1. The number of methoxy groups -OCH3 is 1. The molecule has 2 aromatic heterocycles. The number of thiophene rings is 1. The second kappa shape index (κ2) is 8.88. The number of rotatable bonds is 7.